The van der Waals surface area contributed by atoms with Crippen LogP contribution in [0.25, 0.3) is 0 Å². The predicted octanol–water partition coefficient (Wildman–Crippen LogP) is 1.02. The summed E-state index contributed by atoms with van der Waals surface area (Å²) in [5, 5.41) is 2.93. The van der Waals surface area contributed by atoms with Gasteiger partial charge in [-0.3, -0.25) is 4.79 Å². The molecular formula is C12H17N3O2. The van der Waals surface area contributed by atoms with Crippen molar-refractivity contribution >= 4 is 5.91 Å². The number of nitrogens with zero attached hydrogens (tertiary/aromatic N) is 2. The van der Waals surface area contributed by atoms with Crippen molar-refractivity contribution < 1.29 is 9.53 Å². The minimum absolute atomic E-state index is 0.118. The summed E-state index contributed by atoms with van der Waals surface area (Å²) in [5.41, 5.74) is 0.638. The number of carbonyl (C=O) groups excluding carboxylic acids is 1. The topological polar surface area (TPSA) is 64.1 Å². The normalized spacial score (nSPS) is 17.2. The Kier molecular flexibility index (Phi) is 3.68. The lowest BCUT2D eigenvalue weighted by Crippen LogP contribution is -2.45. The highest BCUT2D eigenvalue weighted by atomic mass is 16.5. The number of hydrogen-bond donors (Lipinski definition) is 1. The Morgan fingerprint density at radius 1 is 1.47 bits per heavy atom. The second-order valence-electron chi connectivity index (χ2n) is 4.60. The Bertz CT molecular complexity index is 377. The van der Waals surface area contributed by atoms with Gasteiger partial charge in [-0.1, -0.05) is 6.42 Å². The molecule has 0 unspecified atom stereocenters. The van der Waals surface area contributed by atoms with E-state index in [-0.39, 0.29) is 11.3 Å². The number of hydrogen-bond acceptors (Lipinski definition) is 4. The van der Waals surface area contributed by atoms with Crippen LogP contribution in [0.3, 0.4) is 0 Å². The van der Waals surface area contributed by atoms with E-state index in [0.717, 1.165) is 12.8 Å². The molecule has 1 amide bonds. The van der Waals surface area contributed by atoms with Gasteiger partial charge in [0.25, 0.3) is 5.91 Å². The third-order valence-corrected chi connectivity index (χ3v) is 3.31. The fraction of sp³-hybridized carbons (Fsp3) is 0.583. The number of methoxy groups -OCH3 is 1. The first-order chi connectivity index (χ1) is 8.26. The van der Waals surface area contributed by atoms with Crippen LogP contribution in [0, 0.1) is 5.41 Å². The average Bonchev–Trinajstić information content (AvgIpc) is 2.33. The standard InChI is InChI=1S/C12H17N3O2/c1-17-8-12(3-2-4-12)7-15-11(16)10-5-13-9-14-6-10/h5-6,9H,2-4,7-8H2,1H3,(H,15,16). The molecule has 0 saturated heterocycles. The maximum absolute atomic E-state index is 11.8. The van der Waals surface area contributed by atoms with E-state index in [1.807, 2.05) is 0 Å². The molecular weight excluding hydrogens is 218 g/mol. The summed E-state index contributed by atoms with van der Waals surface area (Å²) in [6.07, 6.45) is 7.90. The van der Waals surface area contributed by atoms with Crippen molar-refractivity contribution in [3.8, 4) is 0 Å². The lowest BCUT2D eigenvalue weighted by atomic mass is 9.69. The van der Waals surface area contributed by atoms with Gasteiger partial charge in [0.15, 0.2) is 0 Å². The molecule has 2 rings (SSSR count). The molecule has 1 aromatic heterocycles. The molecule has 5 nitrogen and oxygen atoms in total. The van der Waals surface area contributed by atoms with E-state index < -0.39 is 0 Å². The van der Waals surface area contributed by atoms with E-state index in [0.29, 0.717) is 18.7 Å². The SMILES string of the molecule is COCC1(CNC(=O)c2cncnc2)CCC1. The average molecular weight is 235 g/mol. The third kappa shape index (κ3) is 2.79. The molecule has 1 aliphatic rings. The van der Waals surface area contributed by atoms with E-state index in [4.69, 9.17) is 4.74 Å². The first-order valence-electron chi connectivity index (χ1n) is 5.78. The van der Waals surface area contributed by atoms with Gasteiger partial charge < -0.3 is 10.1 Å². The van der Waals surface area contributed by atoms with Gasteiger partial charge in [0.05, 0.1) is 12.2 Å². The van der Waals surface area contributed by atoms with Gasteiger partial charge in [0.1, 0.15) is 6.33 Å². The maximum atomic E-state index is 11.8. The largest absolute Gasteiger partial charge is 0.384 e. The van der Waals surface area contributed by atoms with E-state index in [1.165, 1.54) is 25.1 Å². The first kappa shape index (κ1) is 12.0. The minimum atomic E-state index is -0.118. The van der Waals surface area contributed by atoms with Crippen LogP contribution in [-0.2, 0) is 4.74 Å². The van der Waals surface area contributed by atoms with Gasteiger partial charge in [-0.25, -0.2) is 9.97 Å². The molecule has 17 heavy (non-hydrogen) atoms. The fourth-order valence-corrected chi connectivity index (χ4v) is 2.14. The third-order valence-electron chi connectivity index (χ3n) is 3.31. The Labute approximate surface area is 101 Å². The summed E-state index contributed by atoms with van der Waals surface area (Å²) in [6.45, 7) is 1.37. The van der Waals surface area contributed by atoms with Gasteiger partial charge in [-0.05, 0) is 12.8 Å². The van der Waals surface area contributed by atoms with Crippen molar-refractivity contribution in [3.63, 3.8) is 0 Å². The van der Waals surface area contributed by atoms with Crippen LogP contribution < -0.4 is 5.32 Å². The van der Waals surface area contributed by atoms with Crippen molar-refractivity contribution in [1.29, 1.82) is 0 Å². The number of nitrogens with one attached hydrogen (secondary N) is 1. The maximum Gasteiger partial charge on any atom is 0.254 e. The zero-order chi connectivity index (χ0) is 12.1. The second-order valence-corrected chi connectivity index (χ2v) is 4.60. The Hall–Kier alpha value is -1.49. The number of carbonyl (C=O) groups is 1. The summed E-state index contributed by atoms with van der Waals surface area (Å²) in [7, 11) is 1.70. The highest BCUT2D eigenvalue weighted by Gasteiger charge is 2.37. The van der Waals surface area contributed by atoms with E-state index >= 15 is 0 Å². The molecule has 0 aliphatic heterocycles. The van der Waals surface area contributed by atoms with Crippen molar-refractivity contribution in [2.75, 3.05) is 20.3 Å². The second kappa shape index (κ2) is 5.23. The van der Waals surface area contributed by atoms with Crippen molar-refractivity contribution in [2.45, 2.75) is 19.3 Å². The van der Waals surface area contributed by atoms with Crippen molar-refractivity contribution in [3.05, 3.63) is 24.3 Å². The van der Waals surface area contributed by atoms with Crippen LogP contribution in [-0.4, -0.2) is 36.1 Å². The first-order valence-corrected chi connectivity index (χ1v) is 5.78. The Morgan fingerprint density at radius 3 is 2.71 bits per heavy atom. The molecule has 1 aliphatic carbocycles. The molecule has 0 radical (unpaired) electrons. The zero-order valence-corrected chi connectivity index (χ0v) is 9.98. The van der Waals surface area contributed by atoms with Crippen LogP contribution in [0.2, 0.25) is 0 Å². The van der Waals surface area contributed by atoms with Crippen LogP contribution in [0.1, 0.15) is 29.6 Å². The number of amides is 1. The summed E-state index contributed by atoms with van der Waals surface area (Å²) >= 11 is 0. The van der Waals surface area contributed by atoms with Gasteiger partial charge >= 0.3 is 0 Å². The molecule has 0 spiro atoms. The summed E-state index contributed by atoms with van der Waals surface area (Å²) in [4.78, 5) is 19.5. The highest BCUT2D eigenvalue weighted by Crippen LogP contribution is 2.40. The van der Waals surface area contributed by atoms with Gasteiger partial charge in [-0.2, -0.15) is 0 Å². The Balaban J connectivity index is 1.88. The summed E-state index contributed by atoms with van der Waals surface area (Å²) in [5.74, 6) is -0.118. The van der Waals surface area contributed by atoms with Crippen LogP contribution in [0.15, 0.2) is 18.7 Å². The molecule has 0 aromatic carbocycles. The molecule has 1 heterocycles. The number of rotatable bonds is 5. The molecule has 92 valence electrons. The molecule has 5 heteroatoms. The van der Waals surface area contributed by atoms with Gasteiger partial charge in [-0.15, -0.1) is 0 Å². The van der Waals surface area contributed by atoms with Gasteiger partial charge in [0, 0.05) is 31.5 Å². The van der Waals surface area contributed by atoms with Crippen LogP contribution >= 0.6 is 0 Å². The smallest absolute Gasteiger partial charge is 0.254 e. The van der Waals surface area contributed by atoms with E-state index in [9.17, 15) is 4.79 Å². The van der Waals surface area contributed by atoms with Crippen molar-refractivity contribution in [2.24, 2.45) is 5.41 Å². The van der Waals surface area contributed by atoms with Crippen molar-refractivity contribution in [1.82, 2.24) is 15.3 Å². The van der Waals surface area contributed by atoms with E-state index in [1.54, 1.807) is 7.11 Å². The molecule has 1 N–H and O–H groups in total. The Morgan fingerprint density at radius 2 is 2.18 bits per heavy atom. The monoisotopic (exact) mass is 235 g/mol. The minimum Gasteiger partial charge on any atom is -0.384 e. The zero-order valence-electron chi connectivity index (χ0n) is 9.98. The molecule has 1 fully saturated rings. The summed E-state index contributed by atoms with van der Waals surface area (Å²) < 4.78 is 5.21. The quantitative estimate of drug-likeness (QED) is 0.827. The number of ether oxygens (including phenoxy) is 1. The van der Waals surface area contributed by atoms with Crippen LogP contribution in [0.5, 0.6) is 0 Å². The molecule has 1 aromatic rings. The number of aromatic nitrogens is 2. The lowest BCUT2D eigenvalue weighted by molar-refractivity contribution is 0.0180. The molecule has 1 saturated carbocycles. The highest BCUT2D eigenvalue weighted by molar-refractivity contribution is 5.93. The predicted molar refractivity (Wildman–Crippen MR) is 62.5 cm³/mol. The van der Waals surface area contributed by atoms with Crippen LogP contribution in [0.4, 0.5) is 0 Å². The fourth-order valence-electron chi connectivity index (χ4n) is 2.14. The lowest BCUT2D eigenvalue weighted by Gasteiger charge is -2.41. The van der Waals surface area contributed by atoms with Gasteiger partial charge in [0.2, 0.25) is 0 Å². The summed E-state index contributed by atoms with van der Waals surface area (Å²) in [6, 6.07) is 0. The molecule has 0 bridgehead atoms. The molecule has 0 atom stereocenters. The van der Waals surface area contributed by atoms with E-state index in [2.05, 4.69) is 15.3 Å².